The number of phosphoric ester groups is 1. The molecule has 1 saturated carbocycles. The standard InChI is InChI=1S/C47H87O13P/c1-3-5-7-9-11-13-15-17-19-20-22-24-26-28-30-32-34-36-41(49)59-39(38-58-61(55,56)60-47-45(53)43(51)42(50)44(52)46(47)54)37-57-40(48)35-33-31-29-27-25-23-21-18-16-14-12-10-8-6-4-2/h14,16-17,19,39,42-47,50-54H,3-13,15,18,20-38H2,1-2H3,(H,55,56)/b16-14-,19-17-/t39-,42?,43-,44?,45?,46?,47?/m1/s1. The van der Waals surface area contributed by atoms with Crippen LogP contribution in [0.4, 0.5) is 0 Å². The van der Waals surface area contributed by atoms with Crippen molar-refractivity contribution in [1.29, 1.82) is 0 Å². The Morgan fingerprint density at radius 1 is 0.492 bits per heavy atom. The van der Waals surface area contributed by atoms with Crippen molar-refractivity contribution in [2.24, 2.45) is 0 Å². The number of aliphatic hydroxyl groups is 5. The molecular weight excluding hydrogens is 803 g/mol. The Hall–Kier alpha value is -1.67. The number of unbranched alkanes of at least 4 members (excludes halogenated alkanes) is 24. The zero-order valence-electron chi connectivity index (χ0n) is 38.0. The predicted octanol–water partition coefficient (Wildman–Crippen LogP) is 9.62. The van der Waals surface area contributed by atoms with E-state index in [-0.39, 0.29) is 12.8 Å². The van der Waals surface area contributed by atoms with Gasteiger partial charge < -0.3 is 39.9 Å². The van der Waals surface area contributed by atoms with Gasteiger partial charge in [0, 0.05) is 12.8 Å². The van der Waals surface area contributed by atoms with Crippen LogP contribution in [0.5, 0.6) is 0 Å². The molecule has 358 valence electrons. The summed E-state index contributed by atoms with van der Waals surface area (Å²) in [5.74, 6) is -1.10. The van der Waals surface area contributed by atoms with Crippen LogP contribution in [0.1, 0.15) is 206 Å². The Morgan fingerprint density at radius 3 is 1.26 bits per heavy atom. The van der Waals surface area contributed by atoms with Crippen LogP contribution >= 0.6 is 7.82 Å². The van der Waals surface area contributed by atoms with Crippen molar-refractivity contribution in [2.75, 3.05) is 13.2 Å². The van der Waals surface area contributed by atoms with E-state index in [0.29, 0.717) is 12.8 Å². The first-order chi connectivity index (χ1) is 29.4. The number of hydrogen-bond acceptors (Lipinski definition) is 12. The van der Waals surface area contributed by atoms with Crippen LogP contribution in [0.2, 0.25) is 0 Å². The quantitative estimate of drug-likeness (QED) is 0.0147. The molecule has 61 heavy (non-hydrogen) atoms. The molecule has 0 aliphatic heterocycles. The third-order valence-electron chi connectivity index (χ3n) is 11.3. The lowest BCUT2D eigenvalue weighted by molar-refractivity contribution is -0.220. The van der Waals surface area contributed by atoms with E-state index in [0.717, 1.165) is 64.2 Å². The van der Waals surface area contributed by atoms with Crippen LogP contribution in [0.15, 0.2) is 24.3 Å². The Labute approximate surface area is 368 Å². The summed E-state index contributed by atoms with van der Waals surface area (Å²) in [5.41, 5.74) is 0. The second-order valence-electron chi connectivity index (χ2n) is 17.0. The van der Waals surface area contributed by atoms with Gasteiger partial charge in [0.2, 0.25) is 0 Å². The van der Waals surface area contributed by atoms with Crippen molar-refractivity contribution in [3.05, 3.63) is 24.3 Å². The third-order valence-corrected chi connectivity index (χ3v) is 12.3. The first kappa shape index (κ1) is 57.3. The maximum absolute atomic E-state index is 12.8. The minimum atomic E-state index is -5.12. The van der Waals surface area contributed by atoms with Crippen molar-refractivity contribution in [1.82, 2.24) is 0 Å². The maximum atomic E-state index is 12.8. The molecule has 6 unspecified atom stereocenters. The topological polar surface area (TPSA) is 210 Å². The van der Waals surface area contributed by atoms with Gasteiger partial charge in [-0.15, -0.1) is 0 Å². The summed E-state index contributed by atoms with van der Waals surface area (Å²) in [6.07, 6.45) is 27.9. The molecule has 0 spiro atoms. The summed E-state index contributed by atoms with van der Waals surface area (Å²) in [6, 6.07) is 0. The molecule has 0 aromatic heterocycles. The van der Waals surface area contributed by atoms with Gasteiger partial charge in [0.1, 0.15) is 43.2 Å². The number of phosphoric acid groups is 1. The number of hydrogen-bond donors (Lipinski definition) is 6. The summed E-state index contributed by atoms with van der Waals surface area (Å²) in [7, 11) is -5.12. The molecule has 13 nitrogen and oxygen atoms in total. The van der Waals surface area contributed by atoms with E-state index in [2.05, 4.69) is 38.2 Å². The molecule has 0 bridgehead atoms. The van der Waals surface area contributed by atoms with Gasteiger partial charge in [0.25, 0.3) is 0 Å². The van der Waals surface area contributed by atoms with Crippen LogP contribution in [-0.2, 0) is 32.7 Å². The lowest BCUT2D eigenvalue weighted by Gasteiger charge is -2.41. The Balaban J connectivity index is 2.44. The fraction of sp³-hybridized carbons (Fsp3) is 0.872. The van der Waals surface area contributed by atoms with Crippen LogP contribution in [-0.4, -0.2) is 98.3 Å². The van der Waals surface area contributed by atoms with Gasteiger partial charge in [-0.1, -0.05) is 154 Å². The molecule has 6 N–H and O–H groups in total. The molecule has 1 fully saturated rings. The minimum Gasteiger partial charge on any atom is -0.462 e. The summed E-state index contributed by atoms with van der Waals surface area (Å²) in [5, 5.41) is 50.2. The van der Waals surface area contributed by atoms with E-state index in [4.69, 9.17) is 18.5 Å². The molecule has 0 radical (unpaired) electrons. The Kier molecular flexibility index (Phi) is 35.4. The van der Waals surface area contributed by atoms with Gasteiger partial charge in [-0.25, -0.2) is 4.57 Å². The second kappa shape index (κ2) is 37.7. The molecule has 0 heterocycles. The third kappa shape index (κ3) is 30.2. The van der Waals surface area contributed by atoms with Crippen LogP contribution < -0.4 is 0 Å². The van der Waals surface area contributed by atoms with Gasteiger partial charge in [0.05, 0.1) is 6.61 Å². The number of rotatable bonds is 40. The van der Waals surface area contributed by atoms with Gasteiger partial charge in [-0.05, 0) is 64.2 Å². The highest BCUT2D eigenvalue weighted by Crippen LogP contribution is 2.47. The zero-order chi connectivity index (χ0) is 45.0. The zero-order valence-corrected chi connectivity index (χ0v) is 38.9. The average Bonchev–Trinajstić information content (AvgIpc) is 3.24. The van der Waals surface area contributed by atoms with Crippen molar-refractivity contribution in [2.45, 2.75) is 249 Å². The summed E-state index contributed by atoms with van der Waals surface area (Å²) >= 11 is 0. The number of allylic oxidation sites excluding steroid dienone is 4. The van der Waals surface area contributed by atoms with Crippen molar-refractivity contribution >= 4 is 19.8 Å². The summed E-state index contributed by atoms with van der Waals surface area (Å²) in [4.78, 5) is 35.7. The summed E-state index contributed by atoms with van der Waals surface area (Å²) < 4.78 is 33.6. The molecular formula is C47H87O13P. The second-order valence-corrected chi connectivity index (χ2v) is 18.4. The lowest BCUT2D eigenvalue weighted by Crippen LogP contribution is -2.64. The summed E-state index contributed by atoms with van der Waals surface area (Å²) in [6.45, 7) is 3.29. The highest BCUT2D eigenvalue weighted by atomic mass is 31.2. The van der Waals surface area contributed by atoms with E-state index >= 15 is 0 Å². The van der Waals surface area contributed by atoms with E-state index in [1.807, 2.05) is 0 Å². The normalized spacial score (nSPS) is 22.2. The molecule has 0 aromatic rings. The molecule has 0 aromatic carbocycles. The lowest BCUT2D eigenvalue weighted by atomic mass is 9.85. The monoisotopic (exact) mass is 891 g/mol. The van der Waals surface area contributed by atoms with Gasteiger partial charge in [-0.3, -0.25) is 18.6 Å². The Morgan fingerprint density at radius 2 is 0.836 bits per heavy atom. The number of carbonyl (C=O) groups excluding carboxylic acids is 2. The van der Waals surface area contributed by atoms with E-state index < -0.39 is 75.7 Å². The Bertz CT molecular complexity index is 1170. The SMILES string of the molecule is CCCCCC/C=C\CCCCCCCCCC(=O)OC[C@H](COP(=O)(O)OC1C(O)C(O)C(O)[C@@H](O)C1O)OC(=O)CCCCCCCCC/C=C\CCCCCCCC. The smallest absolute Gasteiger partial charge is 0.462 e. The van der Waals surface area contributed by atoms with E-state index in [9.17, 15) is 44.6 Å². The molecule has 1 aliphatic rings. The maximum Gasteiger partial charge on any atom is 0.472 e. The minimum absolute atomic E-state index is 0.0928. The van der Waals surface area contributed by atoms with E-state index in [1.165, 1.54) is 103 Å². The van der Waals surface area contributed by atoms with Gasteiger partial charge in [-0.2, -0.15) is 0 Å². The average molecular weight is 891 g/mol. The van der Waals surface area contributed by atoms with Crippen LogP contribution in [0, 0.1) is 0 Å². The largest absolute Gasteiger partial charge is 0.472 e. The molecule has 14 heteroatoms. The predicted molar refractivity (Wildman–Crippen MR) is 240 cm³/mol. The van der Waals surface area contributed by atoms with Crippen LogP contribution in [0.3, 0.4) is 0 Å². The molecule has 8 atom stereocenters. The first-order valence-corrected chi connectivity index (χ1v) is 25.6. The number of aliphatic hydroxyl groups excluding tert-OH is 5. The van der Waals surface area contributed by atoms with Crippen molar-refractivity contribution in [3.63, 3.8) is 0 Å². The number of esters is 2. The molecule has 0 amide bonds. The highest BCUT2D eigenvalue weighted by molar-refractivity contribution is 7.47. The fourth-order valence-corrected chi connectivity index (χ4v) is 8.31. The molecule has 1 rings (SSSR count). The number of carbonyl (C=O) groups is 2. The van der Waals surface area contributed by atoms with Crippen molar-refractivity contribution in [3.8, 4) is 0 Å². The van der Waals surface area contributed by atoms with Crippen molar-refractivity contribution < 1.29 is 63.1 Å². The molecule has 0 saturated heterocycles. The van der Waals surface area contributed by atoms with E-state index in [1.54, 1.807) is 0 Å². The van der Waals surface area contributed by atoms with Gasteiger partial charge >= 0.3 is 19.8 Å². The van der Waals surface area contributed by atoms with Crippen LogP contribution in [0.25, 0.3) is 0 Å². The molecule has 1 aliphatic carbocycles. The number of ether oxygens (including phenoxy) is 2. The fourth-order valence-electron chi connectivity index (χ4n) is 7.34. The highest BCUT2D eigenvalue weighted by Gasteiger charge is 2.51. The first-order valence-electron chi connectivity index (χ1n) is 24.1. The van der Waals surface area contributed by atoms with Gasteiger partial charge in [0.15, 0.2) is 6.10 Å².